The molecule has 1 N–H and O–H groups in total. The quantitative estimate of drug-likeness (QED) is 0.213. The smallest absolute Gasteiger partial charge is 0.339 e. The molecule has 1 aromatic rings. The first-order chi connectivity index (χ1) is 20.6. The van der Waals surface area contributed by atoms with E-state index in [4.69, 9.17) is 28.4 Å². The van der Waals surface area contributed by atoms with Gasteiger partial charge in [0.05, 0.1) is 37.7 Å². The number of hydrogen-bond donors (Lipinski definition) is 1. The first-order valence-corrected chi connectivity index (χ1v) is 15.3. The molecule has 10 heteroatoms. The predicted octanol–water partition coefficient (Wildman–Crippen LogP) is 4.18. The molecule has 0 bridgehead atoms. The molecule has 1 saturated heterocycles. The number of fused-ring (bicyclic) bond motifs is 3. The van der Waals surface area contributed by atoms with Crippen LogP contribution < -0.4 is 9.47 Å². The van der Waals surface area contributed by atoms with Crippen LogP contribution in [0.15, 0.2) is 36.1 Å². The van der Waals surface area contributed by atoms with Gasteiger partial charge in [-0.25, -0.2) is 4.79 Å². The Labute approximate surface area is 253 Å². The summed E-state index contributed by atoms with van der Waals surface area (Å²) in [6.45, 7) is 8.42. The summed E-state index contributed by atoms with van der Waals surface area (Å²) in [4.78, 5) is 28.8. The number of aliphatic hydroxyl groups is 1. The van der Waals surface area contributed by atoms with Gasteiger partial charge in [-0.05, 0) is 75.4 Å². The highest BCUT2D eigenvalue weighted by Crippen LogP contribution is 2.55. The zero-order valence-corrected chi connectivity index (χ0v) is 26.0. The summed E-state index contributed by atoms with van der Waals surface area (Å²) in [5.74, 6) is -0.0315. The van der Waals surface area contributed by atoms with Crippen LogP contribution in [0, 0.1) is 0 Å². The highest BCUT2D eigenvalue weighted by Gasteiger charge is 2.59. The molecule has 4 atom stereocenters. The van der Waals surface area contributed by atoms with Gasteiger partial charge in [-0.3, -0.25) is 9.69 Å². The normalized spacial score (nSPS) is 25.8. The number of benzene rings is 1. The summed E-state index contributed by atoms with van der Waals surface area (Å²) in [5, 5.41) is 11.7. The second-order valence-electron chi connectivity index (χ2n) is 12.5. The van der Waals surface area contributed by atoms with E-state index in [9.17, 15) is 14.7 Å². The molecular formula is C33H45NO9. The number of unbranched alkanes of at least 4 members (excludes halogenated alkanes) is 1. The summed E-state index contributed by atoms with van der Waals surface area (Å²) in [5.41, 5.74) is -1.08. The van der Waals surface area contributed by atoms with Crippen molar-refractivity contribution < 1.29 is 43.1 Å². The topological polar surface area (TPSA) is 113 Å². The average molecular weight is 600 g/mol. The number of carbonyl (C=O) groups excluding carboxylic acids is 2. The van der Waals surface area contributed by atoms with Gasteiger partial charge in [0, 0.05) is 19.6 Å². The number of hydrogen-bond acceptors (Lipinski definition) is 10. The maximum Gasteiger partial charge on any atom is 0.339 e. The molecular weight excluding hydrogens is 554 g/mol. The third-order valence-corrected chi connectivity index (χ3v) is 9.19. The van der Waals surface area contributed by atoms with Gasteiger partial charge in [0.15, 0.2) is 23.2 Å². The van der Waals surface area contributed by atoms with E-state index < -0.39 is 41.2 Å². The van der Waals surface area contributed by atoms with Crippen LogP contribution in [0.25, 0.3) is 0 Å². The van der Waals surface area contributed by atoms with Crippen LogP contribution in [-0.2, 0) is 35.0 Å². The van der Waals surface area contributed by atoms with E-state index in [2.05, 4.69) is 17.9 Å². The maximum atomic E-state index is 14.0. The van der Waals surface area contributed by atoms with Gasteiger partial charge in [0.25, 0.3) is 0 Å². The van der Waals surface area contributed by atoms with Gasteiger partial charge < -0.3 is 33.5 Å². The number of rotatable bonds is 12. The lowest BCUT2D eigenvalue weighted by molar-refractivity contribution is -0.177. The molecule has 1 aliphatic carbocycles. The number of nitrogens with zero attached hydrogens (tertiary/aromatic N) is 1. The Kier molecular flexibility index (Phi) is 9.11. The first kappa shape index (κ1) is 31.3. The van der Waals surface area contributed by atoms with Crippen molar-refractivity contribution in [3.8, 4) is 11.5 Å². The molecule has 1 aromatic carbocycles. The molecule has 10 nitrogen and oxygen atoms in total. The molecule has 4 aliphatic rings. The molecule has 43 heavy (non-hydrogen) atoms. The first-order valence-electron chi connectivity index (χ1n) is 15.3. The molecule has 0 aromatic heterocycles. The van der Waals surface area contributed by atoms with Crippen LogP contribution in [-0.4, -0.2) is 85.5 Å². The van der Waals surface area contributed by atoms with Gasteiger partial charge in [0.1, 0.15) is 5.76 Å². The second kappa shape index (κ2) is 12.5. The lowest BCUT2D eigenvalue weighted by Gasteiger charge is -2.39. The molecule has 1 fully saturated rings. The van der Waals surface area contributed by atoms with E-state index in [1.165, 1.54) is 7.11 Å². The fourth-order valence-electron chi connectivity index (χ4n) is 6.92. The van der Waals surface area contributed by atoms with Crippen molar-refractivity contribution in [1.29, 1.82) is 0 Å². The largest absolute Gasteiger partial charge is 0.497 e. The van der Waals surface area contributed by atoms with Crippen molar-refractivity contribution in [3.05, 3.63) is 47.2 Å². The van der Waals surface area contributed by atoms with Crippen molar-refractivity contribution in [3.63, 3.8) is 0 Å². The summed E-state index contributed by atoms with van der Waals surface area (Å²) in [7, 11) is 2.79. The maximum absolute atomic E-state index is 14.0. The molecule has 3 aliphatic heterocycles. The van der Waals surface area contributed by atoms with Crippen LogP contribution in [0.5, 0.6) is 11.5 Å². The van der Waals surface area contributed by atoms with Crippen molar-refractivity contribution >= 4 is 11.9 Å². The zero-order valence-electron chi connectivity index (χ0n) is 26.0. The van der Waals surface area contributed by atoms with Gasteiger partial charge in [-0.2, -0.15) is 0 Å². The fraction of sp³-hybridized carbons (Fsp3) is 0.636. The Hall–Kier alpha value is -3.08. The monoisotopic (exact) mass is 599 g/mol. The van der Waals surface area contributed by atoms with E-state index in [0.717, 1.165) is 56.3 Å². The van der Waals surface area contributed by atoms with Crippen LogP contribution in [0.2, 0.25) is 0 Å². The van der Waals surface area contributed by atoms with Crippen LogP contribution >= 0.6 is 0 Å². The zero-order chi connectivity index (χ0) is 30.8. The van der Waals surface area contributed by atoms with Crippen LogP contribution in [0.1, 0.15) is 76.3 Å². The number of carbonyl (C=O) groups is 2. The Morgan fingerprint density at radius 2 is 1.95 bits per heavy atom. The van der Waals surface area contributed by atoms with Crippen LogP contribution in [0.3, 0.4) is 0 Å². The van der Waals surface area contributed by atoms with E-state index in [1.807, 2.05) is 26.0 Å². The third kappa shape index (κ3) is 6.14. The number of esters is 2. The highest BCUT2D eigenvalue weighted by molar-refractivity contribution is 5.86. The predicted molar refractivity (Wildman–Crippen MR) is 158 cm³/mol. The fourth-order valence-corrected chi connectivity index (χ4v) is 6.92. The highest BCUT2D eigenvalue weighted by atomic mass is 16.7. The Bertz CT molecular complexity index is 1270. The molecule has 0 radical (unpaired) electrons. The summed E-state index contributed by atoms with van der Waals surface area (Å²) < 4.78 is 34.3. The van der Waals surface area contributed by atoms with Gasteiger partial charge in [-0.15, -0.1) is 0 Å². The Morgan fingerprint density at radius 1 is 1.19 bits per heavy atom. The van der Waals surface area contributed by atoms with E-state index in [-0.39, 0.29) is 19.1 Å². The van der Waals surface area contributed by atoms with Crippen LogP contribution in [0.4, 0.5) is 0 Å². The Balaban J connectivity index is 1.46. The minimum atomic E-state index is -2.16. The molecule has 0 unspecified atom stereocenters. The van der Waals surface area contributed by atoms with Gasteiger partial charge in [0.2, 0.25) is 6.79 Å². The van der Waals surface area contributed by atoms with Crippen molar-refractivity contribution in [2.75, 3.05) is 40.7 Å². The SMILES string of the molecule is CCCCOC(C)(C)/C=C/C[C@@](O)(CC(=O)OC)C(=O)O[C@@H]1C(OC)=C[C@]23CCCN2CCc2cc4c(cc2[C@H]13)OCO4. The molecule has 1 spiro atoms. The van der Waals surface area contributed by atoms with E-state index in [1.54, 1.807) is 19.3 Å². The second-order valence-corrected chi connectivity index (χ2v) is 12.5. The van der Waals surface area contributed by atoms with Gasteiger partial charge in [-0.1, -0.05) is 25.5 Å². The van der Waals surface area contributed by atoms with E-state index in [0.29, 0.717) is 23.9 Å². The molecule has 0 amide bonds. The summed E-state index contributed by atoms with van der Waals surface area (Å²) in [6, 6.07) is 4.03. The third-order valence-electron chi connectivity index (χ3n) is 9.19. The van der Waals surface area contributed by atoms with Crippen molar-refractivity contribution in [1.82, 2.24) is 4.90 Å². The minimum Gasteiger partial charge on any atom is -0.497 e. The Morgan fingerprint density at radius 3 is 2.67 bits per heavy atom. The number of ether oxygens (including phenoxy) is 6. The molecule has 236 valence electrons. The van der Waals surface area contributed by atoms with E-state index >= 15 is 0 Å². The standard InChI is InChI=1S/C33H45NO9/c1-6-7-16-42-31(2,3)11-8-13-33(37,20-27(35)39-5)30(36)43-29-26(38-4)19-32-12-9-14-34(32)15-10-22-17-24-25(41-21-40-24)18-23(22)28(29)32/h8,11,17-19,28-29,37H,6-7,9-10,12-16,20-21H2,1-5H3/b11-8+/t28-,29-,32+,33-/m1/s1. The van der Waals surface area contributed by atoms with Crippen molar-refractivity contribution in [2.45, 2.75) is 94.5 Å². The molecule has 0 saturated carbocycles. The van der Waals surface area contributed by atoms with Crippen molar-refractivity contribution in [2.24, 2.45) is 0 Å². The molecule has 3 heterocycles. The number of methoxy groups -OCH3 is 2. The van der Waals surface area contributed by atoms with Gasteiger partial charge >= 0.3 is 11.9 Å². The summed E-state index contributed by atoms with van der Waals surface area (Å²) >= 11 is 0. The summed E-state index contributed by atoms with van der Waals surface area (Å²) in [6.07, 6.45) is 8.64. The minimum absolute atomic E-state index is 0.155. The lowest BCUT2D eigenvalue weighted by Crippen LogP contribution is -2.49. The molecule has 5 rings (SSSR count). The lowest BCUT2D eigenvalue weighted by atomic mass is 9.77. The average Bonchev–Trinajstić information content (AvgIpc) is 3.66.